The molecule has 0 saturated carbocycles. The van der Waals surface area contributed by atoms with Crippen LogP contribution >= 0.6 is 0 Å². The molecule has 0 radical (unpaired) electrons. The van der Waals surface area contributed by atoms with Gasteiger partial charge in [0.05, 0.1) is 0 Å². The van der Waals surface area contributed by atoms with Gasteiger partial charge in [0.2, 0.25) is 0 Å². The van der Waals surface area contributed by atoms with Gasteiger partial charge >= 0.3 is 0 Å². The maximum Gasteiger partial charge on any atom is 0.267 e. The first-order valence-electron chi connectivity index (χ1n) is 7.60. The van der Waals surface area contributed by atoms with Crippen molar-refractivity contribution >= 4 is 17.3 Å². The number of carbonyl (C=O) groups is 1. The number of aromatic hydroxyl groups is 1. The Hall–Kier alpha value is -3.26. The molecule has 2 rings (SSSR count). The Balaban J connectivity index is 2.08. The van der Waals surface area contributed by atoms with E-state index in [-0.39, 0.29) is 11.3 Å². The van der Waals surface area contributed by atoms with Crippen LogP contribution in [0.25, 0.3) is 0 Å². The number of hydrogen-bond acceptors (Lipinski definition) is 4. The van der Waals surface area contributed by atoms with E-state index in [0.29, 0.717) is 11.3 Å². The summed E-state index contributed by atoms with van der Waals surface area (Å²) < 4.78 is 0. The molecule has 5 heteroatoms. The number of aryl methyl sites for hydroxylation is 2. The molecule has 2 aromatic carbocycles. The van der Waals surface area contributed by atoms with E-state index < -0.39 is 5.91 Å². The van der Waals surface area contributed by atoms with Gasteiger partial charge in [-0.2, -0.15) is 5.26 Å². The van der Waals surface area contributed by atoms with E-state index in [1.165, 1.54) is 17.8 Å². The zero-order chi connectivity index (χ0) is 17.5. The largest absolute Gasteiger partial charge is 0.508 e. The highest BCUT2D eigenvalue weighted by Gasteiger charge is 2.11. The Morgan fingerprint density at radius 2 is 1.96 bits per heavy atom. The van der Waals surface area contributed by atoms with E-state index >= 15 is 0 Å². The first-order chi connectivity index (χ1) is 11.5. The third-order valence-electron chi connectivity index (χ3n) is 3.57. The van der Waals surface area contributed by atoms with E-state index in [1.807, 2.05) is 30.3 Å². The van der Waals surface area contributed by atoms with Crippen molar-refractivity contribution < 1.29 is 9.90 Å². The Kier molecular flexibility index (Phi) is 5.58. The molecule has 122 valence electrons. The maximum absolute atomic E-state index is 12.2. The highest BCUT2D eigenvalue weighted by molar-refractivity contribution is 6.07. The summed E-state index contributed by atoms with van der Waals surface area (Å²) in [6, 6.07) is 14.3. The predicted molar refractivity (Wildman–Crippen MR) is 94.6 cm³/mol. The summed E-state index contributed by atoms with van der Waals surface area (Å²) in [6.07, 6.45) is 2.33. The van der Waals surface area contributed by atoms with Crippen LogP contribution in [0.2, 0.25) is 0 Å². The molecule has 0 aromatic heterocycles. The SMILES string of the molecule is CCc1ccc(N/C=C(/C#N)C(=O)Nc2ccc(O)cc2C)cc1. The molecule has 0 aliphatic carbocycles. The van der Waals surface area contributed by atoms with Crippen LogP contribution in [0.5, 0.6) is 5.75 Å². The Morgan fingerprint density at radius 3 is 2.54 bits per heavy atom. The number of nitrogens with one attached hydrogen (secondary N) is 2. The summed E-state index contributed by atoms with van der Waals surface area (Å²) in [6.45, 7) is 3.84. The zero-order valence-electron chi connectivity index (χ0n) is 13.6. The lowest BCUT2D eigenvalue weighted by atomic mass is 10.1. The molecule has 0 aliphatic heterocycles. The molecule has 0 unspecified atom stereocenters. The number of anilines is 2. The van der Waals surface area contributed by atoms with Crippen LogP contribution in [-0.4, -0.2) is 11.0 Å². The molecule has 0 spiro atoms. The van der Waals surface area contributed by atoms with Crippen molar-refractivity contribution in [1.82, 2.24) is 0 Å². The number of benzene rings is 2. The van der Waals surface area contributed by atoms with E-state index in [1.54, 1.807) is 19.1 Å². The van der Waals surface area contributed by atoms with Gasteiger partial charge in [-0.15, -0.1) is 0 Å². The molecule has 0 fully saturated rings. The smallest absolute Gasteiger partial charge is 0.267 e. The van der Waals surface area contributed by atoms with Crippen molar-refractivity contribution in [1.29, 1.82) is 5.26 Å². The van der Waals surface area contributed by atoms with E-state index in [9.17, 15) is 15.2 Å². The number of phenols is 1. The fourth-order valence-electron chi connectivity index (χ4n) is 2.12. The monoisotopic (exact) mass is 321 g/mol. The van der Waals surface area contributed by atoms with Crippen molar-refractivity contribution in [2.45, 2.75) is 20.3 Å². The van der Waals surface area contributed by atoms with Gasteiger partial charge in [0.25, 0.3) is 5.91 Å². The minimum absolute atomic E-state index is 0.0398. The second-order valence-corrected chi connectivity index (χ2v) is 5.32. The molecule has 24 heavy (non-hydrogen) atoms. The topological polar surface area (TPSA) is 85.2 Å². The summed E-state index contributed by atoms with van der Waals surface area (Å²) in [4.78, 5) is 12.2. The van der Waals surface area contributed by atoms with Crippen LogP contribution < -0.4 is 10.6 Å². The lowest BCUT2D eigenvalue weighted by Crippen LogP contribution is -2.15. The van der Waals surface area contributed by atoms with Crippen molar-refractivity contribution in [2.24, 2.45) is 0 Å². The molecule has 1 amide bonds. The lowest BCUT2D eigenvalue weighted by molar-refractivity contribution is -0.112. The number of nitriles is 1. The second kappa shape index (κ2) is 7.84. The Bertz CT molecular complexity index is 802. The summed E-state index contributed by atoms with van der Waals surface area (Å²) in [7, 11) is 0. The van der Waals surface area contributed by atoms with Gasteiger partial charge in [0, 0.05) is 17.6 Å². The quantitative estimate of drug-likeness (QED) is 0.445. The molecule has 0 aliphatic rings. The van der Waals surface area contributed by atoms with Crippen LogP contribution in [0.4, 0.5) is 11.4 Å². The van der Waals surface area contributed by atoms with Gasteiger partial charge in [-0.1, -0.05) is 19.1 Å². The average molecular weight is 321 g/mol. The van der Waals surface area contributed by atoms with Crippen molar-refractivity contribution in [3.8, 4) is 11.8 Å². The average Bonchev–Trinajstić information content (AvgIpc) is 2.58. The summed E-state index contributed by atoms with van der Waals surface area (Å²) in [5.41, 5.74) is 3.23. The van der Waals surface area contributed by atoms with Crippen molar-refractivity contribution in [3.05, 3.63) is 65.4 Å². The van der Waals surface area contributed by atoms with E-state index in [2.05, 4.69) is 17.6 Å². The zero-order valence-corrected chi connectivity index (χ0v) is 13.6. The van der Waals surface area contributed by atoms with Crippen LogP contribution in [0, 0.1) is 18.3 Å². The number of carbonyl (C=O) groups excluding carboxylic acids is 1. The summed E-state index contributed by atoms with van der Waals surface area (Å²) in [5.74, 6) is -0.386. The van der Waals surface area contributed by atoms with Crippen LogP contribution in [0.1, 0.15) is 18.1 Å². The fourth-order valence-corrected chi connectivity index (χ4v) is 2.12. The highest BCUT2D eigenvalue weighted by Crippen LogP contribution is 2.20. The first kappa shape index (κ1) is 17.1. The van der Waals surface area contributed by atoms with Gasteiger partial charge in [0.15, 0.2) is 0 Å². The summed E-state index contributed by atoms with van der Waals surface area (Å²) >= 11 is 0. The molecule has 5 nitrogen and oxygen atoms in total. The van der Waals surface area contributed by atoms with Gasteiger partial charge < -0.3 is 15.7 Å². The van der Waals surface area contributed by atoms with E-state index in [4.69, 9.17) is 0 Å². The minimum atomic E-state index is -0.510. The number of hydrogen-bond donors (Lipinski definition) is 3. The van der Waals surface area contributed by atoms with Gasteiger partial charge in [-0.25, -0.2) is 0 Å². The summed E-state index contributed by atoms with van der Waals surface area (Å²) in [5, 5.41) is 24.2. The number of amides is 1. The fraction of sp³-hybridized carbons (Fsp3) is 0.158. The number of phenolic OH excluding ortho intramolecular Hbond substituents is 1. The van der Waals surface area contributed by atoms with E-state index in [0.717, 1.165) is 12.1 Å². The molecule has 0 saturated heterocycles. The molecule has 0 atom stereocenters. The van der Waals surface area contributed by atoms with Crippen molar-refractivity contribution in [3.63, 3.8) is 0 Å². The van der Waals surface area contributed by atoms with Crippen LogP contribution in [0.15, 0.2) is 54.2 Å². The minimum Gasteiger partial charge on any atom is -0.508 e. The highest BCUT2D eigenvalue weighted by atomic mass is 16.3. The maximum atomic E-state index is 12.2. The van der Waals surface area contributed by atoms with Gasteiger partial charge in [-0.05, 0) is 54.8 Å². The molecular formula is C19H19N3O2. The Morgan fingerprint density at radius 1 is 1.25 bits per heavy atom. The standard InChI is InChI=1S/C19H19N3O2/c1-3-14-4-6-16(7-5-14)21-12-15(11-20)19(24)22-18-9-8-17(23)10-13(18)2/h4-10,12,21,23H,3H2,1-2H3,(H,22,24)/b15-12-. The third kappa shape index (κ3) is 4.37. The molecule has 0 bridgehead atoms. The second-order valence-electron chi connectivity index (χ2n) is 5.32. The first-order valence-corrected chi connectivity index (χ1v) is 7.60. The number of rotatable bonds is 5. The molecule has 2 aromatic rings. The number of nitrogens with zero attached hydrogens (tertiary/aromatic N) is 1. The predicted octanol–water partition coefficient (Wildman–Crippen LogP) is 3.72. The van der Waals surface area contributed by atoms with Crippen molar-refractivity contribution in [2.75, 3.05) is 10.6 Å². The van der Waals surface area contributed by atoms with Gasteiger partial charge in [-0.3, -0.25) is 4.79 Å². The third-order valence-corrected chi connectivity index (χ3v) is 3.57. The van der Waals surface area contributed by atoms with Gasteiger partial charge in [0.1, 0.15) is 17.4 Å². The molecule has 3 N–H and O–H groups in total. The Labute approximate surface area is 141 Å². The van der Waals surface area contributed by atoms with Crippen LogP contribution in [-0.2, 0) is 11.2 Å². The normalized spacial score (nSPS) is 10.8. The molecular weight excluding hydrogens is 302 g/mol. The van der Waals surface area contributed by atoms with Crippen LogP contribution in [0.3, 0.4) is 0 Å². The molecule has 0 heterocycles. The lowest BCUT2D eigenvalue weighted by Gasteiger charge is -2.08.